The molecule has 2 N–H and O–H groups in total. The van der Waals surface area contributed by atoms with E-state index in [4.69, 9.17) is 5.73 Å². The Kier molecular flexibility index (Phi) is 2.62. The number of rotatable bonds is 3. The van der Waals surface area contributed by atoms with Gasteiger partial charge in [0.1, 0.15) is 12.0 Å². The third-order valence-corrected chi connectivity index (χ3v) is 3.46. The minimum atomic E-state index is 0.620. The highest BCUT2D eigenvalue weighted by atomic mass is 32.1. The normalized spacial score (nSPS) is 11.1. The summed E-state index contributed by atoms with van der Waals surface area (Å²) in [6.45, 7) is 0.620. The topological polar surface area (TPSA) is 56.2 Å². The second-order valence-corrected chi connectivity index (χ2v) is 4.74. The van der Waals surface area contributed by atoms with Crippen molar-refractivity contribution in [2.24, 2.45) is 5.73 Å². The molecule has 3 heterocycles. The average molecular weight is 244 g/mol. The number of nitrogens with zero attached hydrogens (tertiary/aromatic N) is 3. The molecule has 0 atom stereocenters. The predicted molar refractivity (Wildman–Crippen MR) is 69.1 cm³/mol. The first kappa shape index (κ1) is 10.4. The van der Waals surface area contributed by atoms with Gasteiger partial charge in [-0.15, -0.1) is 11.3 Å². The highest BCUT2D eigenvalue weighted by molar-refractivity contribution is 7.13. The SMILES string of the molecule is NCCc1cn2cnc(-c3cccs3)cc2n1. The summed E-state index contributed by atoms with van der Waals surface area (Å²) in [5, 5.41) is 2.05. The van der Waals surface area contributed by atoms with Crippen LogP contribution in [0, 0.1) is 0 Å². The monoisotopic (exact) mass is 244 g/mol. The van der Waals surface area contributed by atoms with Gasteiger partial charge in [0.05, 0.1) is 16.3 Å². The van der Waals surface area contributed by atoms with E-state index < -0.39 is 0 Å². The lowest BCUT2D eigenvalue weighted by Gasteiger charge is -1.96. The molecule has 86 valence electrons. The van der Waals surface area contributed by atoms with Gasteiger partial charge in [0, 0.05) is 18.7 Å². The highest BCUT2D eigenvalue weighted by Gasteiger charge is 2.05. The van der Waals surface area contributed by atoms with E-state index >= 15 is 0 Å². The van der Waals surface area contributed by atoms with Gasteiger partial charge < -0.3 is 5.73 Å². The lowest BCUT2D eigenvalue weighted by atomic mass is 10.3. The number of hydrogen-bond donors (Lipinski definition) is 1. The van der Waals surface area contributed by atoms with Crippen LogP contribution in [0.5, 0.6) is 0 Å². The summed E-state index contributed by atoms with van der Waals surface area (Å²) in [7, 11) is 0. The maximum absolute atomic E-state index is 5.53. The van der Waals surface area contributed by atoms with Crippen LogP contribution in [0.25, 0.3) is 16.2 Å². The van der Waals surface area contributed by atoms with Gasteiger partial charge in [0.25, 0.3) is 0 Å². The van der Waals surface area contributed by atoms with Crippen molar-refractivity contribution in [3.8, 4) is 10.6 Å². The summed E-state index contributed by atoms with van der Waals surface area (Å²) in [5.74, 6) is 0. The predicted octanol–water partition coefficient (Wildman–Crippen LogP) is 1.96. The van der Waals surface area contributed by atoms with Crippen molar-refractivity contribution in [3.63, 3.8) is 0 Å². The lowest BCUT2D eigenvalue weighted by Crippen LogP contribution is -2.02. The Labute approximate surface area is 103 Å². The zero-order valence-electron chi connectivity index (χ0n) is 9.21. The minimum absolute atomic E-state index is 0.620. The fraction of sp³-hybridized carbons (Fsp3) is 0.167. The van der Waals surface area contributed by atoms with E-state index in [0.717, 1.165) is 28.3 Å². The molecule has 0 aliphatic carbocycles. The molecule has 0 fully saturated rings. The van der Waals surface area contributed by atoms with Crippen LogP contribution in [0.1, 0.15) is 5.69 Å². The molecule has 4 nitrogen and oxygen atoms in total. The maximum Gasteiger partial charge on any atom is 0.140 e. The summed E-state index contributed by atoms with van der Waals surface area (Å²) in [6, 6.07) is 6.09. The van der Waals surface area contributed by atoms with Crippen molar-refractivity contribution in [1.82, 2.24) is 14.4 Å². The average Bonchev–Trinajstić information content (AvgIpc) is 2.96. The zero-order chi connectivity index (χ0) is 11.7. The molecule has 3 rings (SSSR count). The van der Waals surface area contributed by atoms with E-state index in [1.165, 1.54) is 0 Å². The summed E-state index contributed by atoms with van der Waals surface area (Å²) < 4.78 is 1.93. The fourth-order valence-electron chi connectivity index (χ4n) is 1.77. The van der Waals surface area contributed by atoms with E-state index in [9.17, 15) is 0 Å². The molecule has 3 aromatic heterocycles. The molecule has 0 radical (unpaired) electrons. The van der Waals surface area contributed by atoms with Crippen LogP contribution >= 0.6 is 11.3 Å². The van der Waals surface area contributed by atoms with Crippen molar-refractivity contribution in [1.29, 1.82) is 0 Å². The fourth-order valence-corrected chi connectivity index (χ4v) is 2.46. The first-order valence-corrected chi connectivity index (χ1v) is 6.32. The van der Waals surface area contributed by atoms with Crippen molar-refractivity contribution in [3.05, 3.63) is 41.8 Å². The second kappa shape index (κ2) is 4.27. The van der Waals surface area contributed by atoms with Gasteiger partial charge in [-0.2, -0.15) is 0 Å². The Morgan fingerprint density at radius 1 is 1.41 bits per heavy atom. The van der Waals surface area contributed by atoms with Crippen LogP contribution in [0.3, 0.4) is 0 Å². The molecule has 3 aromatic rings. The van der Waals surface area contributed by atoms with Crippen molar-refractivity contribution >= 4 is 17.0 Å². The van der Waals surface area contributed by atoms with E-state index in [0.29, 0.717) is 6.54 Å². The third-order valence-electron chi connectivity index (χ3n) is 2.57. The van der Waals surface area contributed by atoms with E-state index in [1.54, 1.807) is 17.7 Å². The quantitative estimate of drug-likeness (QED) is 0.766. The van der Waals surface area contributed by atoms with Crippen LogP contribution in [0.2, 0.25) is 0 Å². The van der Waals surface area contributed by atoms with Crippen LogP contribution in [-0.2, 0) is 6.42 Å². The third kappa shape index (κ3) is 1.94. The molecule has 0 saturated carbocycles. The zero-order valence-corrected chi connectivity index (χ0v) is 10.0. The molecule has 0 amide bonds. The van der Waals surface area contributed by atoms with Crippen molar-refractivity contribution in [2.75, 3.05) is 6.54 Å². The molecule has 0 spiro atoms. The summed E-state index contributed by atoms with van der Waals surface area (Å²) in [5.41, 5.74) is 8.43. The summed E-state index contributed by atoms with van der Waals surface area (Å²) in [6.07, 6.45) is 4.58. The molecule has 0 aliphatic rings. The molecule has 0 bridgehead atoms. The van der Waals surface area contributed by atoms with Crippen molar-refractivity contribution < 1.29 is 0 Å². The first-order chi connectivity index (χ1) is 8.36. The van der Waals surface area contributed by atoms with Crippen LogP contribution < -0.4 is 5.73 Å². The van der Waals surface area contributed by atoms with Gasteiger partial charge in [-0.25, -0.2) is 9.97 Å². The molecule has 0 saturated heterocycles. The molecule has 0 aromatic carbocycles. The Balaban J connectivity index is 2.06. The molecular weight excluding hydrogens is 232 g/mol. The van der Waals surface area contributed by atoms with Gasteiger partial charge in [-0.1, -0.05) is 6.07 Å². The number of thiophene rings is 1. The van der Waals surface area contributed by atoms with Gasteiger partial charge in [0.2, 0.25) is 0 Å². The first-order valence-electron chi connectivity index (χ1n) is 5.44. The minimum Gasteiger partial charge on any atom is -0.330 e. The molecule has 0 unspecified atom stereocenters. The lowest BCUT2D eigenvalue weighted by molar-refractivity contribution is 0.936. The largest absolute Gasteiger partial charge is 0.330 e. The Morgan fingerprint density at radius 2 is 2.35 bits per heavy atom. The standard InChI is InChI=1S/C12H12N4S/c13-4-3-9-7-16-8-14-10(6-12(16)15-9)11-2-1-5-17-11/h1-2,5-8H,3-4,13H2. The van der Waals surface area contributed by atoms with Crippen LogP contribution in [0.15, 0.2) is 36.1 Å². The number of hydrogen-bond acceptors (Lipinski definition) is 4. The maximum atomic E-state index is 5.53. The van der Waals surface area contributed by atoms with Crippen LogP contribution in [-0.4, -0.2) is 20.9 Å². The number of aromatic nitrogens is 3. The Bertz CT molecular complexity index is 627. The number of imidazole rings is 1. The smallest absolute Gasteiger partial charge is 0.140 e. The molecular formula is C12H12N4S. The second-order valence-electron chi connectivity index (χ2n) is 3.79. The van der Waals surface area contributed by atoms with E-state index in [1.807, 2.05) is 28.1 Å². The Hall–Kier alpha value is -1.72. The van der Waals surface area contributed by atoms with E-state index in [-0.39, 0.29) is 0 Å². The number of nitrogens with two attached hydrogens (primary N) is 1. The van der Waals surface area contributed by atoms with Gasteiger partial charge in [0.15, 0.2) is 0 Å². The van der Waals surface area contributed by atoms with Crippen LogP contribution in [0.4, 0.5) is 0 Å². The molecule has 17 heavy (non-hydrogen) atoms. The summed E-state index contributed by atoms with van der Waals surface area (Å²) in [4.78, 5) is 10.1. The summed E-state index contributed by atoms with van der Waals surface area (Å²) >= 11 is 1.68. The van der Waals surface area contributed by atoms with Gasteiger partial charge >= 0.3 is 0 Å². The highest BCUT2D eigenvalue weighted by Crippen LogP contribution is 2.23. The molecule has 0 aliphatic heterocycles. The molecule has 5 heteroatoms. The van der Waals surface area contributed by atoms with Gasteiger partial charge in [-0.3, -0.25) is 4.40 Å². The van der Waals surface area contributed by atoms with E-state index in [2.05, 4.69) is 16.0 Å². The van der Waals surface area contributed by atoms with Gasteiger partial charge in [-0.05, 0) is 18.0 Å². The number of fused-ring (bicyclic) bond motifs is 1. The van der Waals surface area contributed by atoms with Crippen molar-refractivity contribution in [2.45, 2.75) is 6.42 Å². The Morgan fingerprint density at radius 3 is 3.12 bits per heavy atom.